The van der Waals surface area contributed by atoms with Gasteiger partial charge in [0.2, 0.25) is 0 Å². The minimum absolute atomic E-state index is 0.284. The van der Waals surface area contributed by atoms with Gasteiger partial charge >= 0.3 is 5.97 Å². The van der Waals surface area contributed by atoms with Crippen molar-refractivity contribution in [3.63, 3.8) is 0 Å². The van der Waals surface area contributed by atoms with E-state index in [2.05, 4.69) is 27.5 Å². The number of hydrogen-bond donors (Lipinski definition) is 0. The van der Waals surface area contributed by atoms with Gasteiger partial charge in [0.15, 0.2) is 0 Å². The summed E-state index contributed by atoms with van der Waals surface area (Å²) in [5, 5.41) is 0. The van der Waals surface area contributed by atoms with Crippen LogP contribution in [0.15, 0.2) is 77.3 Å². The zero-order valence-electron chi connectivity index (χ0n) is 16.4. The molecule has 1 heterocycles. The quantitative estimate of drug-likeness (QED) is 0.311. The summed E-state index contributed by atoms with van der Waals surface area (Å²) in [4.78, 5) is 16.6. The van der Waals surface area contributed by atoms with Gasteiger partial charge in [-0.05, 0) is 55.3 Å². The van der Waals surface area contributed by atoms with E-state index in [0.717, 1.165) is 32.5 Å². The lowest BCUT2D eigenvalue weighted by Gasteiger charge is -2.15. The molecule has 0 fully saturated rings. The van der Waals surface area contributed by atoms with Gasteiger partial charge in [-0.2, -0.15) is 0 Å². The summed E-state index contributed by atoms with van der Waals surface area (Å²) < 4.78 is 12.0. The summed E-state index contributed by atoms with van der Waals surface area (Å²) in [5.41, 5.74) is 4.70. The van der Waals surface area contributed by atoms with Crippen molar-refractivity contribution >= 4 is 21.9 Å². The fourth-order valence-electron chi connectivity index (χ4n) is 2.88. The highest BCUT2D eigenvalue weighted by Crippen LogP contribution is 2.38. The Morgan fingerprint density at radius 2 is 1.79 bits per heavy atom. The van der Waals surface area contributed by atoms with Gasteiger partial charge in [-0.1, -0.05) is 52.8 Å². The maximum Gasteiger partial charge on any atom is 0.356 e. The molecule has 0 aliphatic carbocycles. The monoisotopic (exact) mass is 451 g/mol. The lowest BCUT2D eigenvalue weighted by molar-refractivity contribution is 0.0519. The summed E-state index contributed by atoms with van der Waals surface area (Å²) in [6.07, 6.45) is 0. The number of halogens is 1. The van der Waals surface area contributed by atoms with Crippen molar-refractivity contribution in [2.24, 2.45) is 0 Å². The van der Waals surface area contributed by atoms with E-state index < -0.39 is 5.97 Å². The maximum atomic E-state index is 12.1. The molecule has 5 heteroatoms. The molecule has 3 rings (SSSR count). The molecule has 0 spiro atoms. The van der Waals surface area contributed by atoms with Gasteiger partial charge < -0.3 is 9.47 Å². The molecule has 0 amide bonds. The molecule has 1 aromatic heterocycles. The molecule has 0 radical (unpaired) electrons. The number of nitrogens with zero attached hydrogens (tertiary/aromatic N) is 1. The number of esters is 1. The van der Waals surface area contributed by atoms with E-state index >= 15 is 0 Å². The second-order valence-electron chi connectivity index (χ2n) is 6.56. The molecule has 3 aromatic rings. The van der Waals surface area contributed by atoms with Crippen molar-refractivity contribution in [2.75, 3.05) is 13.2 Å². The van der Waals surface area contributed by atoms with E-state index in [1.807, 2.05) is 61.5 Å². The van der Waals surface area contributed by atoms with E-state index in [0.29, 0.717) is 18.9 Å². The Labute approximate surface area is 179 Å². The second kappa shape index (κ2) is 9.52. The van der Waals surface area contributed by atoms with Crippen LogP contribution in [0.25, 0.3) is 22.4 Å². The number of ether oxygens (including phenoxy) is 2. The molecule has 0 aliphatic rings. The predicted octanol–water partition coefficient (Wildman–Crippen LogP) is 6.31. The Balaban J connectivity index is 2.09. The van der Waals surface area contributed by atoms with Gasteiger partial charge in [-0.25, -0.2) is 9.78 Å². The number of benzene rings is 2. The van der Waals surface area contributed by atoms with Crippen molar-refractivity contribution in [1.82, 2.24) is 4.98 Å². The van der Waals surface area contributed by atoms with E-state index in [-0.39, 0.29) is 5.69 Å². The van der Waals surface area contributed by atoms with E-state index in [9.17, 15) is 4.79 Å². The normalized spacial score (nSPS) is 10.4. The lowest BCUT2D eigenvalue weighted by atomic mass is 9.96. The Morgan fingerprint density at radius 3 is 2.52 bits per heavy atom. The van der Waals surface area contributed by atoms with Gasteiger partial charge in [0, 0.05) is 15.6 Å². The first kappa shape index (κ1) is 20.8. The lowest BCUT2D eigenvalue weighted by Crippen LogP contribution is -2.07. The highest BCUT2D eigenvalue weighted by molar-refractivity contribution is 9.10. The van der Waals surface area contributed by atoms with Crippen LogP contribution in [0.5, 0.6) is 5.75 Å². The fraction of sp³-hybridized carbons (Fsp3) is 0.167. The Kier molecular flexibility index (Phi) is 6.83. The first-order chi connectivity index (χ1) is 14.0. The van der Waals surface area contributed by atoms with Crippen molar-refractivity contribution < 1.29 is 14.3 Å². The fourth-order valence-corrected chi connectivity index (χ4v) is 3.25. The van der Waals surface area contributed by atoms with Crippen molar-refractivity contribution in [2.45, 2.75) is 13.8 Å². The van der Waals surface area contributed by atoms with Crippen molar-refractivity contribution in [1.29, 1.82) is 0 Å². The average molecular weight is 452 g/mol. The van der Waals surface area contributed by atoms with Gasteiger partial charge in [-0.3, -0.25) is 0 Å². The topological polar surface area (TPSA) is 48.4 Å². The predicted molar refractivity (Wildman–Crippen MR) is 119 cm³/mol. The van der Waals surface area contributed by atoms with Gasteiger partial charge in [-0.15, -0.1) is 0 Å². The summed E-state index contributed by atoms with van der Waals surface area (Å²) in [6.45, 7) is 8.36. The third kappa shape index (κ3) is 5.12. The van der Waals surface area contributed by atoms with Crippen LogP contribution in [0.3, 0.4) is 0 Å². The van der Waals surface area contributed by atoms with Crippen LogP contribution in [0, 0.1) is 0 Å². The van der Waals surface area contributed by atoms with Crippen LogP contribution in [0.4, 0.5) is 0 Å². The molecule has 2 aromatic carbocycles. The summed E-state index contributed by atoms with van der Waals surface area (Å²) in [5.74, 6) is 0.324. The van der Waals surface area contributed by atoms with Crippen LogP contribution in [0.2, 0.25) is 0 Å². The van der Waals surface area contributed by atoms with Crippen LogP contribution in [-0.4, -0.2) is 24.2 Å². The second-order valence-corrected chi connectivity index (χ2v) is 7.48. The molecule has 0 aliphatic heterocycles. The van der Waals surface area contributed by atoms with Crippen molar-refractivity contribution in [3.8, 4) is 28.1 Å². The minimum Gasteiger partial charge on any atom is -0.489 e. The molecule has 0 N–H and O–H groups in total. The molecule has 148 valence electrons. The smallest absolute Gasteiger partial charge is 0.356 e. The van der Waals surface area contributed by atoms with Crippen LogP contribution in [-0.2, 0) is 4.74 Å². The summed E-state index contributed by atoms with van der Waals surface area (Å²) in [7, 11) is 0. The number of hydrogen-bond acceptors (Lipinski definition) is 4. The highest BCUT2D eigenvalue weighted by Gasteiger charge is 2.15. The Bertz CT molecular complexity index is 1050. The van der Waals surface area contributed by atoms with Gasteiger partial charge in [0.25, 0.3) is 0 Å². The minimum atomic E-state index is -0.431. The molecular weight excluding hydrogens is 430 g/mol. The number of rotatable bonds is 7. The van der Waals surface area contributed by atoms with E-state index in [1.165, 1.54) is 0 Å². The number of carbonyl (C=O) groups excluding carboxylic acids is 1. The van der Waals surface area contributed by atoms with Crippen LogP contribution >= 0.6 is 15.9 Å². The molecule has 0 saturated carbocycles. The molecule has 29 heavy (non-hydrogen) atoms. The standard InChI is InChI=1S/C24H22BrNO3/c1-4-28-24(27)22-11-7-10-21(26-22)19-9-6-5-8-18(19)20-14-17(25)12-13-23(20)29-15-16(2)3/h5-14H,2,4,15H2,1,3H3. The molecular formula is C24H22BrNO3. The number of aromatic nitrogens is 1. The zero-order chi connectivity index (χ0) is 20.8. The maximum absolute atomic E-state index is 12.1. The Morgan fingerprint density at radius 1 is 1.03 bits per heavy atom. The third-order valence-corrected chi connectivity index (χ3v) is 4.64. The van der Waals surface area contributed by atoms with Crippen LogP contribution in [0.1, 0.15) is 24.3 Å². The largest absolute Gasteiger partial charge is 0.489 e. The number of carbonyl (C=O) groups is 1. The van der Waals surface area contributed by atoms with Gasteiger partial charge in [0.05, 0.1) is 12.3 Å². The summed E-state index contributed by atoms with van der Waals surface area (Å²) >= 11 is 3.55. The Hall–Kier alpha value is -2.92. The van der Waals surface area contributed by atoms with E-state index in [1.54, 1.807) is 13.0 Å². The van der Waals surface area contributed by atoms with Crippen LogP contribution < -0.4 is 4.74 Å². The van der Waals surface area contributed by atoms with Crippen molar-refractivity contribution in [3.05, 3.63) is 83.0 Å². The first-order valence-corrected chi connectivity index (χ1v) is 10.1. The molecule has 0 unspecified atom stereocenters. The summed E-state index contributed by atoms with van der Waals surface area (Å²) in [6, 6.07) is 19.2. The third-order valence-electron chi connectivity index (χ3n) is 4.14. The van der Waals surface area contributed by atoms with Gasteiger partial charge in [0.1, 0.15) is 18.1 Å². The zero-order valence-corrected chi connectivity index (χ0v) is 18.0. The average Bonchev–Trinajstić information content (AvgIpc) is 2.73. The molecule has 0 saturated heterocycles. The highest BCUT2D eigenvalue weighted by atomic mass is 79.9. The van der Waals surface area contributed by atoms with E-state index in [4.69, 9.17) is 9.47 Å². The molecule has 0 atom stereocenters. The SMILES string of the molecule is C=C(C)COc1ccc(Br)cc1-c1ccccc1-c1cccc(C(=O)OCC)n1. The molecule has 0 bridgehead atoms. The molecule has 4 nitrogen and oxygen atoms in total. The first-order valence-electron chi connectivity index (χ1n) is 9.30. The number of pyridine rings is 1.